The van der Waals surface area contributed by atoms with Crippen LogP contribution in [0.4, 0.5) is 0 Å². The van der Waals surface area contributed by atoms with E-state index in [1.807, 2.05) is 109 Å². The maximum atomic E-state index is 7.37. The first-order chi connectivity index (χ1) is 33.7. The average molecular weight is 875 g/mol. The molecule has 318 valence electrons. The lowest BCUT2D eigenvalue weighted by molar-refractivity contribution is 0.303. The van der Waals surface area contributed by atoms with E-state index >= 15 is 0 Å². The van der Waals surface area contributed by atoms with Crippen LogP contribution in [0, 0.1) is 0 Å². The van der Waals surface area contributed by atoms with Gasteiger partial charge in [-0.05, 0) is 101 Å². The van der Waals surface area contributed by atoms with Gasteiger partial charge in [0, 0.05) is 33.4 Å². The van der Waals surface area contributed by atoms with Gasteiger partial charge in [0.25, 0.3) is 0 Å². The van der Waals surface area contributed by atoms with Gasteiger partial charge in [-0.15, -0.1) is 0 Å². The molecule has 0 saturated heterocycles. The lowest BCUT2D eigenvalue weighted by Gasteiger charge is -2.28. The molecule has 6 nitrogen and oxygen atoms in total. The standard InChI is InChI=1S/C60H36B2O6/c1-7-19-43-37(13-1)25-31-49-55(43)56-44-20-8-2-14-38(44)26-32-50(56)64-62-67-53-35-29-41-17-5-11-23-47(41)59(53)57-45-21-9-3-15-39(45)27-33-51(57)65-61(63-49)66-52-34-28-40-16-4-10-22-46(40)58(52)60-48-24-12-6-18-42(48)30-36-54(60)68-62/h1-36H. The smallest absolute Gasteiger partial charge is 0.489 e. The Kier molecular flexibility index (Phi) is 8.68. The summed E-state index contributed by atoms with van der Waals surface area (Å²) in [5, 5.41) is 11.8. The quantitative estimate of drug-likeness (QED) is 0.142. The van der Waals surface area contributed by atoms with Gasteiger partial charge in [-0.1, -0.05) is 182 Å². The topological polar surface area (TPSA) is 55.4 Å². The molecule has 8 heteroatoms. The van der Waals surface area contributed by atoms with Crippen LogP contribution < -0.4 is 27.9 Å². The molecule has 15 rings (SSSR count). The molecule has 0 amide bonds. The second kappa shape index (κ2) is 15.4. The molecule has 0 aromatic heterocycles. The van der Waals surface area contributed by atoms with Crippen molar-refractivity contribution in [3.63, 3.8) is 0 Å². The predicted octanol–water partition coefficient (Wildman–Crippen LogP) is 15.3. The van der Waals surface area contributed by atoms with Crippen molar-refractivity contribution in [2.75, 3.05) is 0 Å². The predicted molar refractivity (Wildman–Crippen MR) is 276 cm³/mol. The van der Waals surface area contributed by atoms with E-state index in [2.05, 4.69) is 109 Å². The summed E-state index contributed by atoms with van der Waals surface area (Å²) in [6.07, 6.45) is 0. The number of hydrogen-bond acceptors (Lipinski definition) is 6. The van der Waals surface area contributed by atoms with Crippen molar-refractivity contribution in [2.45, 2.75) is 0 Å². The van der Waals surface area contributed by atoms with Gasteiger partial charge in [-0.2, -0.15) is 0 Å². The van der Waals surface area contributed by atoms with E-state index in [1.165, 1.54) is 0 Å². The molecule has 0 N–H and O–H groups in total. The number of rotatable bonds is 0. The molecular weight excluding hydrogens is 838 g/mol. The molecule has 0 saturated carbocycles. The minimum absolute atomic E-state index is 0.531. The SMILES string of the molecule is c1ccc2c3c(ccc2c1)OB1Oc2ccc4ccccc4c2-c2c(ccc4ccccc24)OB(Oc2ccc4ccccc4c2-3)Oc2ccc3ccccc3c2-c2c(ccc3ccccc23)O1. The molecule has 0 spiro atoms. The number of fused-ring (bicyclic) bond motifs is 6. The van der Waals surface area contributed by atoms with Gasteiger partial charge in [0.1, 0.15) is 34.5 Å². The first-order valence-electron chi connectivity index (χ1n) is 22.8. The lowest BCUT2D eigenvalue weighted by atomic mass is 9.90. The maximum absolute atomic E-state index is 7.37. The molecule has 0 unspecified atom stereocenters. The average Bonchev–Trinajstić information content (AvgIpc) is 3.38. The molecule has 68 heavy (non-hydrogen) atoms. The van der Waals surface area contributed by atoms with Gasteiger partial charge < -0.3 is 27.9 Å². The van der Waals surface area contributed by atoms with E-state index < -0.39 is 14.6 Å². The maximum Gasteiger partial charge on any atom is 0.864 e. The summed E-state index contributed by atoms with van der Waals surface area (Å²) in [5.41, 5.74) is 4.81. The summed E-state index contributed by atoms with van der Waals surface area (Å²) in [6.45, 7) is 0. The Morgan fingerprint density at radius 1 is 0.176 bits per heavy atom. The summed E-state index contributed by atoms with van der Waals surface area (Å²) >= 11 is 0. The number of hydrogen-bond donors (Lipinski definition) is 0. The molecule has 0 radical (unpaired) electrons. The van der Waals surface area contributed by atoms with Crippen LogP contribution in [0.1, 0.15) is 0 Å². The van der Waals surface area contributed by atoms with Crippen LogP contribution in [-0.4, -0.2) is 14.6 Å². The Morgan fingerprint density at radius 3 is 0.515 bits per heavy atom. The molecule has 3 heterocycles. The first-order valence-corrected chi connectivity index (χ1v) is 22.8. The van der Waals surface area contributed by atoms with Gasteiger partial charge in [0.15, 0.2) is 0 Å². The highest BCUT2D eigenvalue weighted by Crippen LogP contribution is 2.51. The van der Waals surface area contributed by atoms with E-state index in [0.29, 0.717) is 34.5 Å². The lowest BCUT2D eigenvalue weighted by Crippen LogP contribution is -2.39. The third-order valence-electron chi connectivity index (χ3n) is 13.4. The fraction of sp³-hybridized carbons (Fsp3) is 0. The Bertz CT molecular complexity index is 3360. The molecule has 0 atom stereocenters. The second-order valence-corrected chi connectivity index (χ2v) is 17.2. The normalized spacial score (nSPS) is 13.1. The highest BCUT2D eigenvalue weighted by Gasteiger charge is 2.40. The Morgan fingerprint density at radius 2 is 0.338 bits per heavy atom. The molecule has 3 aliphatic rings. The van der Waals surface area contributed by atoms with Gasteiger partial charge in [0.05, 0.1) is 0 Å². The van der Waals surface area contributed by atoms with Crippen LogP contribution >= 0.6 is 0 Å². The molecule has 0 aliphatic carbocycles. The fourth-order valence-electron chi connectivity index (χ4n) is 10.4. The molecule has 12 aromatic carbocycles. The van der Waals surface area contributed by atoms with Gasteiger partial charge in [-0.25, -0.2) is 0 Å². The van der Waals surface area contributed by atoms with Crippen LogP contribution in [-0.2, 0) is 0 Å². The van der Waals surface area contributed by atoms with Gasteiger partial charge >= 0.3 is 14.6 Å². The summed E-state index contributed by atoms with van der Waals surface area (Å²) in [4.78, 5) is 0. The van der Waals surface area contributed by atoms with Gasteiger partial charge in [-0.3, -0.25) is 0 Å². The van der Waals surface area contributed by atoms with E-state index in [0.717, 1.165) is 98.0 Å². The largest absolute Gasteiger partial charge is 0.864 e. The molecule has 3 aliphatic heterocycles. The molecular formula is C60H36B2O6. The van der Waals surface area contributed by atoms with E-state index in [9.17, 15) is 0 Å². The van der Waals surface area contributed by atoms with Crippen molar-refractivity contribution < 1.29 is 27.9 Å². The Balaban J connectivity index is 1.15. The summed E-state index contributed by atoms with van der Waals surface area (Å²) < 4.78 is 44.2. The third-order valence-corrected chi connectivity index (χ3v) is 13.4. The van der Waals surface area contributed by atoms with Crippen molar-refractivity contribution in [3.8, 4) is 67.9 Å². The van der Waals surface area contributed by atoms with Crippen molar-refractivity contribution in [3.05, 3.63) is 218 Å². The summed E-state index contributed by atoms with van der Waals surface area (Å²) in [6, 6.07) is 74.3. The zero-order valence-corrected chi connectivity index (χ0v) is 36.4. The van der Waals surface area contributed by atoms with Crippen LogP contribution in [0.15, 0.2) is 218 Å². The number of benzene rings is 12. The van der Waals surface area contributed by atoms with Gasteiger partial charge in [0.2, 0.25) is 0 Å². The third kappa shape index (κ3) is 6.15. The van der Waals surface area contributed by atoms with Crippen LogP contribution in [0.3, 0.4) is 0 Å². The van der Waals surface area contributed by atoms with Crippen molar-refractivity contribution in [1.82, 2.24) is 0 Å². The zero-order valence-electron chi connectivity index (χ0n) is 36.4. The van der Waals surface area contributed by atoms with Crippen molar-refractivity contribution >= 4 is 79.3 Å². The minimum atomic E-state index is -1.36. The summed E-state index contributed by atoms with van der Waals surface area (Å²) in [7, 11) is -2.71. The van der Waals surface area contributed by atoms with Crippen LogP contribution in [0.2, 0.25) is 0 Å². The van der Waals surface area contributed by atoms with E-state index in [-0.39, 0.29) is 0 Å². The second-order valence-electron chi connectivity index (χ2n) is 17.2. The monoisotopic (exact) mass is 874 g/mol. The van der Waals surface area contributed by atoms with E-state index in [1.54, 1.807) is 0 Å². The summed E-state index contributed by atoms with van der Waals surface area (Å²) in [5.74, 6) is 3.19. The van der Waals surface area contributed by atoms with E-state index in [4.69, 9.17) is 27.9 Å². The van der Waals surface area contributed by atoms with Crippen LogP contribution in [0.25, 0.3) is 98.0 Å². The van der Waals surface area contributed by atoms with Crippen molar-refractivity contribution in [1.29, 1.82) is 0 Å². The zero-order chi connectivity index (χ0) is 44.7. The highest BCUT2D eigenvalue weighted by atomic mass is 16.7. The highest BCUT2D eigenvalue weighted by molar-refractivity contribution is 6.42. The first kappa shape index (κ1) is 38.4. The van der Waals surface area contributed by atoms with Crippen LogP contribution in [0.5, 0.6) is 34.5 Å². The molecule has 12 aromatic rings. The molecule has 0 fully saturated rings. The Hall–Kier alpha value is -8.87. The molecule has 2 bridgehead atoms. The Labute approximate surface area is 391 Å². The minimum Gasteiger partial charge on any atom is -0.489 e. The fourth-order valence-corrected chi connectivity index (χ4v) is 10.4. The van der Waals surface area contributed by atoms with Crippen molar-refractivity contribution in [2.24, 2.45) is 0 Å².